The van der Waals surface area contributed by atoms with E-state index in [4.69, 9.17) is 4.74 Å². The minimum Gasteiger partial charge on any atom is -0.484 e. The highest BCUT2D eigenvalue weighted by atomic mass is 79.9. The Kier molecular flexibility index (Phi) is 5.82. The van der Waals surface area contributed by atoms with E-state index in [9.17, 15) is 0 Å². The van der Waals surface area contributed by atoms with Crippen LogP contribution in [-0.4, -0.2) is 10.5 Å². The molecule has 0 bridgehead atoms. The van der Waals surface area contributed by atoms with E-state index in [0.717, 1.165) is 26.2 Å². The van der Waals surface area contributed by atoms with Crippen molar-refractivity contribution in [3.63, 3.8) is 0 Å². The molecule has 0 saturated heterocycles. The van der Waals surface area contributed by atoms with Crippen LogP contribution in [0.5, 0.6) is 5.75 Å². The van der Waals surface area contributed by atoms with Gasteiger partial charge in [-0.15, -0.1) is 11.3 Å². The van der Waals surface area contributed by atoms with Gasteiger partial charge in [-0.25, -0.2) is 4.98 Å². The second-order valence-corrected chi connectivity index (χ2v) is 8.39. The van der Waals surface area contributed by atoms with E-state index in [0.29, 0.717) is 6.61 Å². The fraction of sp³-hybridized carbons (Fsp3) is 0.400. The number of thiazole rings is 1. The number of ether oxygens (including phenoxy) is 1. The largest absolute Gasteiger partial charge is 0.484 e. The van der Waals surface area contributed by atoms with Crippen LogP contribution < -0.4 is 10.1 Å². The van der Waals surface area contributed by atoms with Crippen LogP contribution in [0.3, 0.4) is 0 Å². The van der Waals surface area contributed by atoms with E-state index in [1.807, 2.05) is 5.38 Å². The molecule has 0 unspecified atom stereocenters. The standard InChI is InChI=1S/C15H18Br2N2OS/c1-15(2,3)19-8-10-6-11(16)14(12(17)7-10)20-9-13-18-4-5-21-13/h4-7,19H,8-9H2,1-3H3. The first-order valence-electron chi connectivity index (χ1n) is 6.59. The summed E-state index contributed by atoms with van der Waals surface area (Å²) in [6, 6.07) is 4.17. The number of benzene rings is 1. The quantitative estimate of drug-likeness (QED) is 0.709. The van der Waals surface area contributed by atoms with Crippen molar-refractivity contribution in [3.8, 4) is 5.75 Å². The molecule has 6 heteroatoms. The van der Waals surface area contributed by atoms with Crippen LogP contribution in [0, 0.1) is 0 Å². The third-order valence-electron chi connectivity index (χ3n) is 2.70. The van der Waals surface area contributed by atoms with Crippen molar-refractivity contribution >= 4 is 43.2 Å². The number of halogens is 2. The van der Waals surface area contributed by atoms with Crippen LogP contribution in [-0.2, 0) is 13.2 Å². The zero-order valence-corrected chi connectivity index (χ0v) is 16.2. The third kappa shape index (κ3) is 5.36. The smallest absolute Gasteiger partial charge is 0.148 e. The highest BCUT2D eigenvalue weighted by Crippen LogP contribution is 2.35. The molecule has 0 fully saturated rings. The summed E-state index contributed by atoms with van der Waals surface area (Å²) in [7, 11) is 0. The summed E-state index contributed by atoms with van der Waals surface area (Å²) in [6.45, 7) is 7.76. The molecule has 3 nitrogen and oxygen atoms in total. The molecular weight excluding hydrogens is 416 g/mol. The lowest BCUT2D eigenvalue weighted by Gasteiger charge is -2.21. The monoisotopic (exact) mass is 432 g/mol. The van der Waals surface area contributed by atoms with Crippen LogP contribution in [0.4, 0.5) is 0 Å². The van der Waals surface area contributed by atoms with E-state index < -0.39 is 0 Å². The Bertz CT molecular complexity index is 571. The second kappa shape index (κ2) is 7.22. The first-order valence-corrected chi connectivity index (χ1v) is 9.06. The topological polar surface area (TPSA) is 34.1 Å². The molecule has 1 aromatic heterocycles. The number of nitrogens with zero attached hydrogens (tertiary/aromatic N) is 1. The molecule has 2 rings (SSSR count). The maximum Gasteiger partial charge on any atom is 0.148 e. The van der Waals surface area contributed by atoms with Crippen LogP contribution in [0.2, 0.25) is 0 Å². The summed E-state index contributed by atoms with van der Waals surface area (Å²) < 4.78 is 7.73. The molecule has 0 saturated carbocycles. The normalized spacial score (nSPS) is 11.7. The first kappa shape index (κ1) is 16.9. The van der Waals surface area contributed by atoms with E-state index in [2.05, 4.69) is 75.1 Å². The number of hydrogen-bond acceptors (Lipinski definition) is 4. The molecule has 0 aliphatic carbocycles. The summed E-state index contributed by atoms with van der Waals surface area (Å²) in [5.74, 6) is 0.810. The van der Waals surface area contributed by atoms with Gasteiger partial charge in [0.2, 0.25) is 0 Å². The lowest BCUT2D eigenvalue weighted by atomic mass is 10.1. The van der Waals surface area contributed by atoms with E-state index >= 15 is 0 Å². The molecule has 0 aliphatic rings. The van der Waals surface area contributed by atoms with Crippen LogP contribution in [0.25, 0.3) is 0 Å². The van der Waals surface area contributed by atoms with Gasteiger partial charge < -0.3 is 10.1 Å². The fourth-order valence-corrected chi connectivity index (χ4v) is 3.72. The Morgan fingerprint density at radius 2 is 1.90 bits per heavy atom. The molecule has 2 aromatic rings. The van der Waals surface area contributed by atoms with Gasteiger partial charge in [0.05, 0.1) is 8.95 Å². The molecule has 1 aromatic carbocycles. The summed E-state index contributed by atoms with van der Waals surface area (Å²) in [5, 5.41) is 6.39. The summed E-state index contributed by atoms with van der Waals surface area (Å²) in [5.41, 5.74) is 1.30. The molecule has 1 heterocycles. The van der Waals surface area contributed by atoms with E-state index in [1.54, 1.807) is 17.5 Å². The molecule has 1 N–H and O–H groups in total. The van der Waals surface area contributed by atoms with Crippen molar-refractivity contribution in [2.75, 3.05) is 0 Å². The van der Waals surface area contributed by atoms with Crippen LogP contribution in [0.15, 0.2) is 32.7 Å². The fourth-order valence-electron chi connectivity index (χ4n) is 1.68. The van der Waals surface area contributed by atoms with Crippen molar-refractivity contribution in [2.45, 2.75) is 39.5 Å². The van der Waals surface area contributed by atoms with Gasteiger partial charge in [0.15, 0.2) is 0 Å². The number of rotatable bonds is 5. The van der Waals surface area contributed by atoms with Gasteiger partial charge in [0.1, 0.15) is 17.4 Å². The van der Waals surface area contributed by atoms with Gasteiger partial charge in [-0.3, -0.25) is 0 Å². The third-order valence-corrected chi connectivity index (χ3v) is 4.64. The lowest BCUT2D eigenvalue weighted by Crippen LogP contribution is -2.35. The van der Waals surface area contributed by atoms with Gasteiger partial charge in [-0.1, -0.05) is 0 Å². The van der Waals surface area contributed by atoms with Crippen molar-refractivity contribution < 1.29 is 4.74 Å². The molecular formula is C15H18Br2N2OS. The minimum atomic E-state index is 0.0962. The maximum atomic E-state index is 5.85. The van der Waals surface area contributed by atoms with Crippen molar-refractivity contribution in [3.05, 3.63) is 43.2 Å². The van der Waals surface area contributed by atoms with Crippen molar-refractivity contribution in [1.29, 1.82) is 0 Å². The number of nitrogens with one attached hydrogen (secondary N) is 1. The molecule has 0 amide bonds. The highest BCUT2D eigenvalue weighted by molar-refractivity contribution is 9.11. The summed E-state index contributed by atoms with van der Waals surface area (Å²) in [4.78, 5) is 4.22. The van der Waals surface area contributed by atoms with E-state index in [-0.39, 0.29) is 5.54 Å². The number of hydrogen-bond donors (Lipinski definition) is 1. The average Bonchev–Trinajstić information content (AvgIpc) is 2.87. The Morgan fingerprint density at radius 3 is 2.43 bits per heavy atom. The average molecular weight is 434 g/mol. The Labute approximate surface area is 146 Å². The lowest BCUT2D eigenvalue weighted by molar-refractivity contribution is 0.301. The Balaban J connectivity index is 2.06. The van der Waals surface area contributed by atoms with Crippen LogP contribution in [0.1, 0.15) is 31.3 Å². The van der Waals surface area contributed by atoms with Gasteiger partial charge in [-0.2, -0.15) is 0 Å². The van der Waals surface area contributed by atoms with Gasteiger partial charge in [-0.05, 0) is 70.3 Å². The first-order chi connectivity index (χ1) is 9.85. The van der Waals surface area contributed by atoms with Crippen molar-refractivity contribution in [1.82, 2.24) is 10.3 Å². The zero-order valence-electron chi connectivity index (χ0n) is 12.2. The number of aromatic nitrogens is 1. The molecule has 0 radical (unpaired) electrons. The predicted octanol–water partition coefficient (Wildman–Crippen LogP) is 5.14. The second-order valence-electron chi connectivity index (χ2n) is 5.71. The molecule has 0 spiro atoms. The molecule has 0 atom stereocenters. The van der Waals surface area contributed by atoms with Gasteiger partial charge in [0, 0.05) is 23.7 Å². The maximum absolute atomic E-state index is 5.85. The summed E-state index contributed by atoms with van der Waals surface area (Å²) in [6.07, 6.45) is 1.79. The zero-order chi connectivity index (χ0) is 15.5. The van der Waals surface area contributed by atoms with Crippen LogP contribution >= 0.6 is 43.2 Å². The SMILES string of the molecule is CC(C)(C)NCc1cc(Br)c(OCc2nccs2)c(Br)c1. The minimum absolute atomic E-state index is 0.0962. The Morgan fingerprint density at radius 1 is 1.24 bits per heavy atom. The predicted molar refractivity (Wildman–Crippen MR) is 94.9 cm³/mol. The Hall–Kier alpha value is -0.430. The van der Waals surface area contributed by atoms with E-state index in [1.165, 1.54) is 5.56 Å². The molecule has 114 valence electrons. The van der Waals surface area contributed by atoms with Gasteiger partial charge in [0.25, 0.3) is 0 Å². The summed E-state index contributed by atoms with van der Waals surface area (Å²) >= 11 is 8.76. The molecule has 21 heavy (non-hydrogen) atoms. The highest BCUT2D eigenvalue weighted by Gasteiger charge is 2.12. The van der Waals surface area contributed by atoms with Gasteiger partial charge >= 0.3 is 0 Å². The molecule has 0 aliphatic heterocycles. The van der Waals surface area contributed by atoms with Crippen molar-refractivity contribution in [2.24, 2.45) is 0 Å².